The molecule has 2 aliphatic heterocycles. The number of rotatable bonds is 0. The van der Waals surface area contributed by atoms with E-state index in [1.165, 1.54) is 0 Å². The third kappa shape index (κ3) is 0.417. The summed E-state index contributed by atoms with van der Waals surface area (Å²) in [5.74, 6) is 5.07. The number of hydrogen-bond donors (Lipinski definition) is 0. The van der Waals surface area contributed by atoms with Crippen LogP contribution in [0.4, 0.5) is 0 Å². The van der Waals surface area contributed by atoms with Crippen molar-refractivity contribution in [1.82, 2.24) is 0 Å². The van der Waals surface area contributed by atoms with E-state index >= 15 is 0 Å². The molecule has 0 radical (unpaired) electrons. The maximum Gasteiger partial charge on any atom is 0.0710 e. The van der Waals surface area contributed by atoms with Crippen LogP contribution in [0, 0.1) is 35.5 Å². The zero-order chi connectivity index (χ0) is 8.15. The Labute approximate surface area is 77.5 Å². The second-order valence-electron chi connectivity index (χ2n) is 5.30. The summed E-state index contributed by atoms with van der Waals surface area (Å²) in [5.41, 5.74) is 0. The van der Waals surface area contributed by atoms with Crippen LogP contribution in [0.25, 0.3) is 0 Å². The molecule has 4 fully saturated rings. The van der Waals surface area contributed by atoms with Crippen LogP contribution in [0.15, 0.2) is 24.3 Å². The summed E-state index contributed by atoms with van der Waals surface area (Å²) in [5, 5.41) is 0. The van der Waals surface area contributed by atoms with E-state index in [9.17, 15) is 0 Å². The Morgan fingerprint density at radius 1 is 0.615 bits per heavy atom. The Morgan fingerprint density at radius 3 is 1.38 bits per heavy atom. The van der Waals surface area contributed by atoms with Crippen LogP contribution in [0.2, 0.25) is 0 Å². The molecule has 6 aliphatic rings. The van der Waals surface area contributed by atoms with E-state index in [2.05, 4.69) is 24.3 Å². The fraction of sp³-hybridized carbons (Fsp3) is 0.667. The van der Waals surface area contributed by atoms with Gasteiger partial charge in [-0.3, -0.25) is 0 Å². The fourth-order valence-electron chi connectivity index (χ4n) is 4.94. The third-order valence-electron chi connectivity index (χ3n) is 5.17. The zero-order valence-electron chi connectivity index (χ0n) is 7.34. The molecule has 1 nitrogen and oxygen atoms in total. The smallest absolute Gasteiger partial charge is 0.0710 e. The highest BCUT2D eigenvalue weighted by molar-refractivity contribution is 5.34. The molecule has 2 heterocycles. The van der Waals surface area contributed by atoms with Crippen LogP contribution in [0.5, 0.6) is 0 Å². The van der Waals surface area contributed by atoms with Gasteiger partial charge in [-0.15, -0.1) is 0 Å². The molecule has 8 atom stereocenters. The maximum absolute atomic E-state index is 6.19. The SMILES string of the molecule is C1=C[C@H]2C3OC4[C@@H]1C2C1[C@@H]3C=C[C@@H]41. The van der Waals surface area contributed by atoms with Gasteiger partial charge in [-0.25, -0.2) is 0 Å². The van der Waals surface area contributed by atoms with Crippen molar-refractivity contribution in [3.8, 4) is 0 Å². The van der Waals surface area contributed by atoms with Crippen LogP contribution < -0.4 is 0 Å². The molecule has 13 heavy (non-hydrogen) atoms. The Hall–Kier alpha value is -0.560. The van der Waals surface area contributed by atoms with Crippen molar-refractivity contribution in [3.63, 3.8) is 0 Å². The average Bonchev–Trinajstić information content (AvgIpc) is 2.75. The third-order valence-corrected chi connectivity index (χ3v) is 5.17. The van der Waals surface area contributed by atoms with Gasteiger partial charge in [-0.2, -0.15) is 0 Å². The van der Waals surface area contributed by atoms with Crippen LogP contribution in [-0.2, 0) is 4.74 Å². The van der Waals surface area contributed by atoms with Crippen molar-refractivity contribution in [2.45, 2.75) is 12.2 Å². The summed E-state index contributed by atoms with van der Waals surface area (Å²) in [7, 11) is 0. The second kappa shape index (κ2) is 1.54. The van der Waals surface area contributed by atoms with Gasteiger partial charge in [0.1, 0.15) is 0 Å². The molecule has 0 aromatic heterocycles. The molecule has 0 spiro atoms. The Morgan fingerprint density at radius 2 is 1.00 bits per heavy atom. The fourth-order valence-corrected chi connectivity index (χ4v) is 4.94. The summed E-state index contributed by atoms with van der Waals surface area (Å²) in [6, 6.07) is 0. The van der Waals surface area contributed by atoms with Gasteiger partial charge in [-0.05, 0) is 11.8 Å². The Kier molecular flexibility index (Phi) is 0.714. The van der Waals surface area contributed by atoms with Crippen molar-refractivity contribution in [1.29, 1.82) is 0 Å². The first kappa shape index (κ1) is 6.02. The van der Waals surface area contributed by atoms with Crippen LogP contribution in [0.1, 0.15) is 0 Å². The van der Waals surface area contributed by atoms with Crippen molar-refractivity contribution < 1.29 is 4.74 Å². The summed E-state index contributed by atoms with van der Waals surface area (Å²) in [6.07, 6.45) is 10.9. The topological polar surface area (TPSA) is 9.23 Å². The van der Waals surface area contributed by atoms with Crippen LogP contribution >= 0.6 is 0 Å². The molecule has 2 saturated carbocycles. The molecule has 4 unspecified atom stereocenters. The lowest BCUT2D eigenvalue weighted by Gasteiger charge is -2.35. The quantitative estimate of drug-likeness (QED) is 0.504. The minimum atomic E-state index is 0.560. The summed E-state index contributed by atoms with van der Waals surface area (Å²) >= 11 is 0. The molecule has 6 rings (SSSR count). The molecule has 1 heteroatoms. The molecule has 66 valence electrons. The van der Waals surface area contributed by atoms with Crippen molar-refractivity contribution in [3.05, 3.63) is 24.3 Å². The normalized spacial score (nSPS) is 73.2. The highest BCUT2D eigenvalue weighted by atomic mass is 16.5. The molecular weight excluding hydrogens is 160 g/mol. The molecule has 0 aromatic carbocycles. The summed E-state index contributed by atoms with van der Waals surface area (Å²) < 4.78 is 6.19. The van der Waals surface area contributed by atoms with Crippen LogP contribution in [0.3, 0.4) is 0 Å². The highest BCUT2D eigenvalue weighted by Crippen LogP contribution is 2.68. The summed E-state index contributed by atoms with van der Waals surface area (Å²) in [6.45, 7) is 0. The molecule has 0 N–H and O–H groups in total. The van der Waals surface area contributed by atoms with E-state index in [0.717, 1.165) is 35.5 Å². The lowest BCUT2D eigenvalue weighted by atomic mass is 9.88. The molecule has 8 bridgehead atoms. The second-order valence-corrected chi connectivity index (χ2v) is 5.30. The summed E-state index contributed by atoms with van der Waals surface area (Å²) in [4.78, 5) is 0. The van der Waals surface area contributed by atoms with Crippen LogP contribution in [-0.4, -0.2) is 12.2 Å². The predicted octanol–water partition coefficient (Wildman–Crippen LogP) is 1.62. The average molecular weight is 172 g/mol. The van der Waals surface area contributed by atoms with E-state index < -0.39 is 0 Å². The molecular formula is C12H12O. The predicted molar refractivity (Wildman–Crippen MR) is 47.9 cm³/mol. The molecule has 2 saturated heterocycles. The van der Waals surface area contributed by atoms with Gasteiger partial charge in [0.05, 0.1) is 12.2 Å². The monoisotopic (exact) mass is 172 g/mol. The largest absolute Gasteiger partial charge is 0.372 e. The van der Waals surface area contributed by atoms with Gasteiger partial charge in [0.2, 0.25) is 0 Å². The number of hydrogen-bond acceptors (Lipinski definition) is 1. The lowest BCUT2D eigenvalue weighted by molar-refractivity contribution is -0.102. The van der Waals surface area contributed by atoms with Gasteiger partial charge < -0.3 is 4.74 Å². The van der Waals surface area contributed by atoms with Gasteiger partial charge in [0, 0.05) is 23.7 Å². The van der Waals surface area contributed by atoms with Crippen molar-refractivity contribution >= 4 is 0 Å². The van der Waals surface area contributed by atoms with E-state index in [1.54, 1.807) is 0 Å². The van der Waals surface area contributed by atoms with Crippen molar-refractivity contribution in [2.24, 2.45) is 35.5 Å². The van der Waals surface area contributed by atoms with Gasteiger partial charge in [0.25, 0.3) is 0 Å². The standard InChI is InChI=1S/C12H12O/c1-2-6-9-5(1)11-7-3-4-8(10(7)9)12(6)13-11/h1-12H/t5-,6+,7+,8-,9?,10?,11?,12?. The van der Waals surface area contributed by atoms with E-state index in [4.69, 9.17) is 4.74 Å². The first-order valence-corrected chi connectivity index (χ1v) is 5.47. The maximum atomic E-state index is 6.19. The lowest BCUT2D eigenvalue weighted by Crippen LogP contribution is -2.40. The highest BCUT2D eigenvalue weighted by Gasteiger charge is 2.69. The van der Waals surface area contributed by atoms with Gasteiger partial charge in [0.15, 0.2) is 0 Å². The minimum absolute atomic E-state index is 0.560. The van der Waals surface area contributed by atoms with E-state index in [0.29, 0.717) is 12.2 Å². The van der Waals surface area contributed by atoms with Crippen molar-refractivity contribution in [2.75, 3.05) is 0 Å². The van der Waals surface area contributed by atoms with E-state index in [-0.39, 0.29) is 0 Å². The van der Waals surface area contributed by atoms with E-state index in [1.807, 2.05) is 0 Å². The Bertz CT molecular complexity index is 294. The molecule has 0 amide bonds. The first-order chi connectivity index (χ1) is 6.45. The Balaban J connectivity index is 1.86. The molecule has 0 aromatic rings. The number of ether oxygens (including phenoxy) is 1. The van der Waals surface area contributed by atoms with Gasteiger partial charge >= 0.3 is 0 Å². The van der Waals surface area contributed by atoms with Gasteiger partial charge in [-0.1, -0.05) is 24.3 Å². The zero-order valence-corrected chi connectivity index (χ0v) is 7.34. The first-order valence-electron chi connectivity index (χ1n) is 5.47. The molecule has 4 aliphatic carbocycles. The minimum Gasteiger partial charge on any atom is -0.372 e.